The van der Waals surface area contributed by atoms with E-state index in [1.54, 1.807) is 6.07 Å². The van der Waals surface area contributed by atoms with Gasteiger partial charge in [0.25, 0.3) is 0 Å². The molecule has 0 bridgehead atoms. The van der Waals surface area contributed by atoms with Crippen molar-refractivity contribution in [3.63, 3.8) is 0 Å². The van der Waals surface area contributed by atoms with Gasteiger partial charge in [0.05, 0.1) is 10.5 Å². The van der Waals surface area contributed by atoms with Crippen molar-refractivity contribution in [3.05, 3.63) is 111 Å². The van der Waals surface area contributed by atoms with Crippen LogP contribution in [0.15, 0.2) is 82.5 Å². The molecule has 174 valence electrons. The molecule has 1 aliphatic rings. The fraction of sp³-hybridized carbons (Fsp3) is 0.192. The van der Waals surface area contributed by atoms with E-state index in [2.05, 4.69) is 17.1 Å². The molecule has 1 aliphatic heterocycles. The zero-order chi connectivity index (χ0) is 23.9. The number of aromatic amines is 1. The van der Waals surface area contributed by atoms with Gasteiger partial charge in [0.1, 0.15) is 11.0 Å². The van der Waals surface area contributed by atoms with Gasteiger partial charge in [-0.15, -0.1) is 0 Å². The van der Waals surface area contributed by atoms with Gasteiger partial charge in [-0.3, -0.25) is 4.79 Å². The van der Waals surface area contributed by atoms with Crippen molar-refractivity contribution in [2.45, 2.75) is 30.5 Å². The molecular formula is C26H21F3N2O2S. The molecule has 1 atom stereocenters. The van der Waals surface area contributed by atoms with Gasteiger partial charge in [-0.2, -0.15) is 13.2 Å². The molecule has 0 radical (unpaired) electrons. The molecule has 0 spiro atoms. The molecular weight excluding hydrogens is 461 g/mol. The number of pyridine rings is 1. The topological polar surface area (TPSA) is 53.2 Å². The van der Waals surface area contributed by atoms with Gasteiger partial charge < -0.3 is 4.98 Å². The summed E-state index contributed by atoms with van der Waals surface area (Å²) in [5.41, 5.74) is 2.48. The van der Waals surface area contributed by atoms with Crippen LogP contribution in [0.3, 0.4) is 0 Å². The molecule has 2 heterocycles. The van der Waals surface area contributed by atoms with E-state index in [0.717, 1.165) is 12.0 Å². The third kappa shape index (κ3) is 4.56. The Balaban J connectivity index is 1.35. The summed E-state index contributed by atoms with van der Waals surface area (Å²) in [7, 11) is -1.29. The van der Waals surface area contributed by atoms with E-state index < -0.39 is 28.3 Å². The Labute approximate surface area is 196 Å². The number of benzene rings is 3. The fourth-order valence-corrected chi connectivity index (χ4v) is 5.55. The first kappa shape index (κ1) is 22.6. The number of rotatable bonds is 4. The lowest BCUT2D eigenvalue weighted by atomic mass is 10.0. The Morgan fingerprint density at radius 1 is 0.912 bits per heavy atom. The molecule has 34 heavy (non-hydrogen) atoms. The number of nitrogens with zero attached hydrogens (tertiary/aromatic N) is 1. The zero-order valence-corrected chi connectivity index (χ0v) is 18.9. The van der Waals surface area contributed by atoms with Gasteiger partial charge in [0.15, 0.2) is 0 Å². The summed E-state index contributed by atoms with van der Waals surface area (Å²) in [4.78, 5) is 14.8. The number of hydrogen-bond donors (Lipinski definition) is 1. The van der Waals surface area contributed by atoms with Gasteiger partial charge in [-0.25, -0.2) is 8.51 Å². The van der Waals surface area contributed by atoms with Crippen LogP contribution < -0.4 is 5.56 Å². The second-order valence-electron chi connectivity index (χ2n) is 8.38. The van der Waals surface area contributed by atoms with Crippen LogP contribution in [0.4, 0.5) is 13.2 Å². The lowest BCUT2D eigenvalue weighted by molar-refractivity contribution is -0.136. The largest absolute Gasteiger partial charge is 0.417 e. The maximum atomic E-state index is 13.4. The zero-order valence-electron chi connectivity index (χ0n) is 18.1. The van der Waals surface area contributed by atoms with Crippen molar-refractivity contribution in [2.24, 2.45) is 0 Å². The van der Waals surface area contributed by atoms with Crippen LogP contribution in [0.2, 0.25) is 0 Å². The monoisotopic (exact) mass is 482 g/mol. The summed E-state index contributed by atoms with van der Waals surface area (Å²) in [6.07, 6.45) is -3.35. The van der Waals surface area contributed by atoms with Crippen LogP contribution in [0.25, 0.3) is 10.9 Å². The van der Waals surface area contributed by atoms with Crippen molar-refractivity contribution in [3.8, 4) is 0 Å². The second-order valence-corrected chi connectivity index (χ2v) is 9.86. The number of halogens is 3. The van der Waals surface area contributed by atoms with Crippen LogP contribution in [-0.2, 0) is 36.5 Å². The molecule has 0 fully saturated rings. The van der Waals surface area contributed by atoms with Crippen molar-refractivity contribution in [1.82, 2.24) is 9.29 Å². The molecule has 5 rings (SSSR count). The summed E-state index contributed by atoms with van der Waals surface area (Å²) < 4.78 is 55.3. The minimum atomic E-state index is -4.62. The molecule has 8 heteroatoms. The molecule has 1 aromatic heterocycles. The molecule has 0 aliphatic carbocycles. The van der Waals surface area contributed by atoms with Gasteiger partial charge in [-0.1, -0.05) is 42.5 Å². The van der Waals surface area contributed by atoms with Crippen LogP contribution in [0, 0.1) is 0 Å². The smallest absolute Gasteiger partial charge is 0.322 e. The SMILES string of the molecule is O=c1cc(C(F)(F)F)c2cc(Cc3ccc(S(=O)N4CCc5ccccc5C4)cc3)ccc2[nH]1. The van der Waals surface area contributed by atoms with Crippen LogP contribution in [-0.4, -0.2) is 20.0 Å². The molecule has 1 unspecified atom stereocenters. The number of nitrogens with one attached hydrogen (secondary N) is 1. The van der Waals surface area contributed by atoms with E-state index in [0.29, 0.717) is 36.0 Å². The van der Waals surface area contributed by atoms with Crippen molar-refractivity contribution < 1.29 is 17.4 Å². The summed E-state index contributed by atoms with van der Waals surface area (Å²) in [5, 5.41) is -0.0345. The van der Waals surface area contributed by atoms with Crippen LogP contribution in [0.5, 0.6) is 0 Å². The van der Waals surface area contributed by atoms with Crippen LogP contribution in [0.1, 0.15) is 27.8 Å². The number of fused-ring (bicyclic) bond motifs is 2. The number of H-pyrrole nitrogens is 1. The molecule has 0 amide bonds. The average Bonchev–Trinajstić information content (AvgIpc) is 2.83. The Morgan fingerprint density at radius 2 is 1.62 bits per heavy atom. The number of alkyl halides is 3. The second kappa shape index (κ2) is 8.85. The van der Waals surface area contributed by atoms with Gasteiger partial charge in [0, 0.05) is 30.1 Å². The molecule has 1 N–H and O–H groups in total. The quantitative estimate of drug-likeness (QED) is 0.434. The normalized spacial score (nSPS) is 15.3. The maximum Gasteiger partial charge on any atom is 0.417 e. The third-order valence-corrected chi connectivity index (χ3v) is 7.53. The number of aromatic nitrogens is 1. The predicted octanol–water partition coefficient (Wildman–Crippen LogP) is 5.22. The van der Waals surface area contributed by atoms with E-state index >= 15 is 0 Å². The molecule has 4 aromatic rings. The first-order valence-electron chi connectivity index (χ1n) is 10.8. The van der Waals surface area contributed by atoms with E-state index in [1.807, 2.05) is 40.7 Å². The maximum absolute atomic E-state index is 13.4. The highest BCUT2D eigenvalue weighted by molar-refractivity contribution is 7.82. The molecule has 0 saturated heterocycles. The Bertz CT molecular complexity index is 1450. The van der Waals surface area contributed by atoms with E-state index in [4.69, 9.17) is 0 Å². The summed E-state index contributed by atoms with van der Waals surface area (Å²) in [6, 6.07) is 20.8. The lowest BCUT2D eigenvalue weighted by Crippen LogP contribution is -2.32. The predicted molar refractivity (Wildman–Crippen MR) is 126 cm³/mol. The first-order valence-corrected chi connectivity index (χ1v) is 11.9. The van der Waals surface area contributed by atoms with E-state index in [9.17, 15) is 22.2 Å². The Morgan fingerprint density at radius 3 is 2.35 bits per heavy atom. The molecule has 0 saturated carbocycles. The standard InChI is InChI=1S/C26H21F3N2O2S/c27-26(28,29)23-15-25(32)30-24-10-7-18(14-22(23)24)13-17-5-8-21(9-6-17)34(33)31-12-11-19-3-1-2-4-20(19)16-31/h1-10,14-15H,11-13,16H2,(H,30,32). The molecule has 4 nitrogen and oxygen atoms in total. The minimum Gasteiger partial charge on any atom is -0.322 e. The highest BCUT2D eigenvalue weighted by Gasteiger charge is 2.33. The Hall–Kier alpha value is -3.23. The summed E-state index contributed by atoms with van der Waals surface area (Å²) in [6.45, 7) is 1.34. The lowest BCUT2D eigenvalue weighted by Gasteiger charge is -2.27. The number of hydrogen-bond acceptors (Lipinski definition) is 2. The van der Waals surface area contributed by atoms with Crippen molar-refractivity contribution in [1.29, 1.82) is 0 Å². The summed E-state index contributed by atoms with van der Waals surface area (Å²) in [5.74, 6) is 0. The highest BCUT2D eigenvalue weighted by atomic mass is 32.2. The summed E-state index contributed by atoms with van der Waals surface area (Å²) >= 11 is 0. The van der Waals surface area contributed by atoms with Gasteiger partial charge in [0.2, 0.25) is 5.56 Å². The van der Waals surface area contributed by atoms with E-state index in [1.165, 1.54) is 23.3 Å². The third-order valence-electron chi connectivity index (χ3n) is 6.08. The first-order chi connectivity index (χ1) is 16.3. The highest BCUT2D eigenvalue weighted by Crippen LogP contribution is 2.34. The van der Waals surface area contributed by atoms with Crippen molar-refractivity contribution >= 4 is 21.9 Å². The minimum absolute atomic E-state index is 0.0345. The van der Waals surface area contributed by atoms with Crippen molar-refractivity contribution in [2.75, 3.05) is 6.54 Å². The average molecular weight is 483 g/mol. The fourth-order valence-electron chi connectivity index (χ4n) is 4.37. The van der Waals surface area contributed by atoms with Crippen LogP contribution >= 0.6 is 0 Å². The van der Waals surface area contributed by atoms with E-state index in [-0.39, 0.29) is 10.9 Å². The Kier molecular flexibility index (Phi) is 5.87. The van der Waals surface area contributed by atoms with Gasteiger partial charge >= 0.3 is 6.18 Å². The molecule has 3 aromatic carbocycles. The van der Waals surface area contributed by atoms with Gasteiger partial charge in [-0.05, 0) is 59.4 Å².